The van der Waals surface area contributed by atoms with Crippen LogP contribution in [-0.2, 0) is 19.5 Å². The molecular formula is C10H10N2OS2Zn. The first kappa shape index (κ1) is 15.2. The monoisotopic (exact) mass is 302 g/mol. The predicted octanol–water partition coefficient (Wildman–Crippen LogP) is 3.20. The summed E-state index contributed by atoms with van der Waals surface area (Å²) in [4.78, 5) is 2.85. The Morgan fingerprint density at radius 1 is 1.06 bits per heavy atom. The maximum Gasteiger partial charge on any atom is 0.142 e. The molecule has 2 aromatic heterocycles. The van der Waals surface area contributed by atoms with Gasteiger partial charge in [-0.1, -0.05) is 36.6 Å². The van der Waals surface area contributed by atoms with Gasteiger partial charge in [0, 0.05) is 31.9 Å². The topological polar surface area (TPSA) is 41.0 Å². The predicted molar refractivity (Wildman–Crippen MR) is 64.1 cm³/mol. The van der Waals surface area contributed by atoms with Gasteiger partial charge in [0.25, 0.3) is 0 Å². The fourth-order valence-corrected chi connectivity index (χ4v) is 1.08. The minimum Gasteiger partial charge on any atom is -0.428 e. The van der Waals surface area contributed by atoms with Crippen LogP contribution in [0.4, 0.5) is 0 Å². The van der Waals surface area contributed by atoms with Crippen molar-refractivity contribution in [3.05, 3.63) is 58.1 Å². The molecule has 0 bridgehead atoms. The van der Waals surface area contributed by atoms with Crippen LogP contribution in [0, 0.1) is 9.28 Å². The molecule has 2 N–H and O–H groups in total. The third kappa shape index (κ3) is 5.90. The van der Waals surface area contributed by atoms with E-state index in [-0.39, 0.29) is 19.5 Å². The van der Waals surface area contributed by atoms with Crippen molar-refractivity contribution in [1.82, 2.24) is 9.71 Å². The molecule has 16 heavy (non-hydrogen) atoms. The number of hydrogen-bond acceptors (Lipinski definition) is 3. The second-order valence-corrected chi connectivity index (χ2v) is 3.47. The van der Waals surface area contributed by atoms with Crippen molar-refractivity contribution < 1.29 is 24.7 Å². The number of nitrogens with zero attached hydrogens (tertiary/aromatic N) is 1. The molecule has 0 aromatic carbocycles. The van der Waals surface area contributed by atoms with Crippen LogP contribution >= 0.6 is 24.4 Å². The molecule has 0 aliphatic rings. The fourth-order valence-electron chi connectivity index (χ4n) is 0.796. The minimum absolute atomic E-state index is 0. The van der Waals surface area contributed by atoms with Crippen LogP contribution in [-0.4, -0.2) is 14.9 Å². The number of rotatable bonds is 0. The number of aromatic nitrogens is 2. The Balaban J connectivity index is 0.000000267. The summed E-state index contributed by atoms with van der Waals surface area (Å²) in [6.45, 7) is 0. The second-order valence-electron chi connectivity index (χ2n) is 2.61. The molecule has 3 nitrogen and oxygen atoms in total. The van der Waals surface area contributed by atoms with Gasteiger partial charge < -0.3 is 10.2 Å². The minimum atomic E-state index is 0. The van der Waals surface area contributed by atoms with Gasteiger partial charge in [-0.05, 0) is 24.3 Å². The number of nitrogens with one attached hydrogen (secondary N) is 1. The summed E-state index contributed by atoms with van der Waals surface area (Å²) in [6, 6.07) is 10.8. The van der Waals surface area contributed by atoms with Gasteiger partial charge in [0.05, 0.1) is 0 Å². The van der Waals surface area contributed by atoms with Gasteiger partial charge >= 0.3 is 0 Å². The van der Waals surface area contributed by atoms with Gasteiger partial charge in [-0.25, -0.2) is 0 Å². The van der Waals surface area contributed by atoms with E-state index in [1.807, 2.05) is 24.4 Å². The third-order valence-corrected chi connectivity index (χ3v) is 2.06. The van der Waals surface area contributed by atoms with E-state index in [1.54, 1.807) is 18.2 Å². The molecule has 2 heterocycles. The van der Waals surface area contributed by atoms with Crippen molar-refractivity contribution >= 4 is 24.4 Å². The van der Waals surface area contributed by atoms with Crippen molar-refractivity contribution in [3.63, 3.8) is 0 Å². The van der Waals surface area contributed by atoms with E-state index in [9.17, 15) is 0 Å². The summed E-state index contributed by atoms with van der Waals surface area (Å²) in [5.41, 5.74) is 0. The number of aromatic amines is 1. The van der Waals surface area contributed by atoms with Crippen LogP contribution in [0.25, 0.3) is 0 Å². The van der Waals surface area contributed by atoms with Crippen LogP contribution in [0.3, 0.4) is 0 Å². The summed E-state index contributed by atoms with van der Waals surface area (Å²) in [7, 11) is 0. The molecule has 0 atom stereocenters. The van der Waals surface area contributed by atoms with Crippen LogP contribution in [0.5, 0.6) is 0 Å². The van der Waals surface area contributed by atoms with E-state index in [0.29, 0.717) is 4.64 Å². The first-order valence-electron chi connectivity index (χ1n) is 4.21. The standard InChI is InChI=1S/C5H5NOS.C5H5NS.Zn/c7-6-4-2-1-3-5(6)8;7-5-3-1-2-4-6-5;/h1-4,7H;1-4H,(H,6,7);. The quantitative estimate of drug-likeness (QED) is 0.446. The fraction of sp³-hybridized carbons (Fsp3) is 0. The zero-order valence-corrected chi connectivity index (χ0v) is 13.1. The Labute approximate surface area is 116 Å². The Hall–Kier alpha value is -0.837. The first-order chi connectivity index (χ1) is 7.20. The molecule has 6 heteroatoms. The zero-order chi connectivity index (χ0) is 11.1. The van der Waals surface area contributed by atoms with Crippen molar-refractivity contribution in [2.45, 2.75) is 0 Å². The maximum atomic E-state index is 8.73. The third-order valence-electron chi connectivity index (χ3n) is 1.48. The molecule has 0 aliphatic heterocycles. The van der Waals surface area contributed by atoms with Crippen molar-refractivity contribution in [1.29, 1.82) is 0 Å². The Morgan fingerprint density at radius 2 is 1.75 bits per heavy atom. The van der Waals surface area contributed by atoms with E-state index >= 15 is 0 Å². The summed E-state index contributed by atoms with van der Waals surface area (Å²) in [6.07, 6.45) is 3.30. The molecule has 0 fully saturated rings. The summed E-state index contributed by atoms with van der Waals surface area (Å²) < 4.78 is 2.10. The van der Waals surface area contributed by atoms with Crippen LogP contribution < -0.4 is 0 Å². The normalized spacial score (nSPS) is 8.25. The molecular weight excluding hydrogens is 294 g/mol. The smallest absolute Gasteiger partial charge is 0.142 e. The molecule has 0 spiro atoms. The summed E-state index contributed by atoms with van der Waals surface area (Å²) >= 11 is 9.42. The maximum absolute atomic E-state index is 8.73. The zero-order valence-electron chi connectivity index (χ0n) is 8.54. The second kappa shape index (κ2) is 8.33. The SMILES string of the molecule is On1ccccc1=S.S=c1cccc[nH]1.[Zn]. The molecule has 0 saturated carbocycles. The molecule has 0 aliphatic carbocycles. The average molecular weight is 304 g/mol. The van der Waals surface area contributed by atoms with E-state index in [4.69, 9.17) is 17.4 Å². The number of pyridine rings is 2. The summed E-state index contributed by atoms with van der Waals surface area (Å²) in [5, 5.41) is 8.73. The molecule has 80 valence electrons. The molecule has 2 rings (SSSR count). The van der Waals surface area contributed by atoms with E-state index < -0.39 is 0 Å². The van der Waals surface area contributed by atoms with Gasteiger partial charge in [0.1, 0.15) is 9.28 Å². The average Bonchev–Trinajstić information content (AvgIpc) is 2.25. The Morgan fingerprint density at radius 3 is 2.06 bits per heavy atom. The van der Waals surface area contributed by atoms with Crippen molar-refractivity contribution in [3.8, 4) is 0 Å². The molecule has 2 aromatic rings. The van der Waals surface area contributed by atoms with Gasteiger partial charge in [0.15, 0.2) is 0 Å². The van der Waals surface area contributed by atoms with Gasteiger partial charge in [-0.3, -0.25) is 0 Å². The van der Waals surface area contributed by atoms with Gasteiger partial charge in [-0.15, -0.1) is 0 Å². The Bertz CT molecular complexity index is 507. The number of H-pyrrole nitrogens is 1. The van der Waals surface area contributed by atoms with Crippen LogP contribution in [0.2, 0.25) is 0 Å². The molecule has 0 radical (unpaired) electrons. The van der Waals surface area contributed by atoms with Gasteiger partial charge in [0.2, 0.25) is 0 Å². The first-order valence-corrected chi connectivity index (χ1v) is 5.02. The summed E-state index contributed by atoms with van der Waals surface area (Å²) in [5.74, 6) is 0. The molecule has 0 saturated heterocycles. The van der Waals surface area contributed by atoms with Gasteiger partial charge in [-0.2, -0.15) is 4.73 Å². The largest absolute Gasteiger partial charge is 0.428 e. The molecule has 0 amide bonds. The number of hydrogen-bond donors (Lipinski definition) is 2. The van der Waals surface area contributed by atoms with E-state index in [0.717, 1.165) is 9.37 Å². The van der Waals surface area contributed by atoms with Crippen LogP contribution in [0.15, 0.2) is 48.8 Å². The van der Waals surface area contributed by atoms with Crippen LogP contribution in [0.1, 0.15) is 0 Å². The van der Waals surface area contributed by atoms with Crippen molar-refractivity contribution in [2.24, 2.45) is 0 Å². The van der Waals surface area contributed by atoms with Crippen molar-refractivity contribution in [2.75, 3.05) is 0 Å². The van der Waals surface area contributed by atoms with E-state index in [2.05, 4.69) is 17.2 Å². The van der Waals surface area contributed by atoms with E-state index in [1.165, 1.54) is 6.20 Å². The Kier molecular flexibility index (Phi) is 7.90. The molecule has 0 unspecified atom stereocenters.